The maximum Gasteiger partial charge on any atom is 0.336 e. The van der Waals surface area contributed by atoms with Crippen LogP contribution in [0.3, 0.4) is 0 Å². The molecule has 0 aromatic carbocycles. The zero-order chi connectivity index (χ0) is 14.0. The summed E-state index contributed by atoms with van der Waals surface area (Å²) in [6.07, 6.45) is 1.08. The molecular formula is C9H11FN2O5S. The van der Waals surface area contributed by atoms with Crippen molar-refractivity contribution in [3.63, 3.8) is 0 Å². The van der Waals surface area contributed by atoms with Crippen LogP contribution in [0.2, 0.25) is 0 Å². The highest BCUT2D eigenvalue weighted by molar-refractivity contribution is 7.89. The highest BCUT2D eigenvalue weighted by Gasteiger charge is 2.32. The Balaban J connectivity index is 2.92. The van der Waals surface area contributed by atoms with Crippen molar-refractivity contribution in [1.82, 2.24) is 9.71 Å². The Morgan fingerprint density at radius 3 is 2.72 bits per heavy atom. The van der Waals surface area contributed by atoms with Crippen LogP contribution in [0, 0.1) is 5.82 Å². The molecule has 1 heterocycles. The number of rotatable bonds is 5. The number of halogens is 1. The van der Waals surface area contributed by atoms with Gasteiger partial charge < -0.3 is 10.2 Å². The Morgan fingerprint density at radius 1 is 1.61 bits per heavy atom. The van der Waals surface area contributed by atoms with Crippen LogP contribution < -0.4 is 4.72 Å². The standard InChI is InChI=1S/C9H11FN2O5S/c1-9(15,8(13)14)5-12-18(16,17)7-6(10)3-2-4-11-7/h2-4,12,15H,5H2,1H3,(H,13,14). The number of hydrogen-bond donors (Lipinski definition) is 3. The Labute approximate surface area is 102 Å². The fraction of sp³-hybridized carbons (Fsp3) is 0.333. The van der Waals surface area contributed by atoms with Gasteiger partial charge in [-0.1, -0.05) is 0 Å². The van der Waals surface area contributed by atoms with E-state index in [4.69, 9.17) is 5.11 Å². The lowest BCUT2D eigenvalue weighted by atomic mass is 10.1. The molecule has 0 aliphatic rings. The van der Waals surface area contributed by atoms with Gasteiger partial charge in [0.25, 0.3) is 10.0 Å². The summed E-state index contributed by atoms with van der Waals surface area (Å²) in [5, 5.41) is 17.1. The molecular weight excluding hydrogens is 267 g/mol. The number of pyridine rings is 1. The lowest BCUT2D eigenvalue weighted by Gasteiger charge is -2.18. The van der Waals surface area contributed by atoms with E-state index in [0.29, 0.717) is 0 Å². The number of aliphatic carboxylic acids is 1. The molecule has 1 rings (SSSR count). The van der Waals surface area contributed by atoms with Gasteiger partial charge in [0.1, 0.15) is 0 Å². The first kappa shape index (κ1) is 14.5. The number of aromatic nitrogens is 1. The van der Waals surface area contributed by atoms with Crippen molar-refractivity contribution >= 4 is 16.0 Å². The van der Waals surface area contributed by atoms with Gasteiger partial charge >= 0.3 is 5.97 Å². The summed E-state index contributed by atoms with van der Waals surface area (Å²) in [4.78, 5) is 13.9. The third kappa shape index (κ3) is 3.22. The van der Waals surface area contributed by atoms with E-state index in [9.17, 15) is 22.7 Å². The van der Waals surface area contributed by atoms with Gasteiger partial charge in [0.15, 0.2) is 11.4 Å². The average Bonchev–Trinajstić information content (AvgIpc) is 2.27. The molecule has 1 atom stereocenters. The molecule has 0 fully saturated rings. The SMILES string of the molecule is CC(O)(CNS(=O)(=O)c1ncccc1F)C(=O)O. The average molecular weight is 278 g/mol. The van der Waals surface area contributed by atoms with Crippen molar-refractivity contribution in [3.8, 4) is 0 Å². The van der Waals surface area contributed by atoms with Gasteiger partial charge in [-0.05, 0) is 19.1 Å². The van der Waals surface area contributed by atoms with Crippen LogP contribution in [-0.2, 0) is 14.8 Å². The summed E-state index contributed by atoms with van der Waals surface area (Å²) in [5.41, 5.74) is -2.29. The van der Waals surface area contributed by atoms with Gasteiger partial charge in [-0.3, -0.25) is 0 Å². The maximum absolute atomic E-state index is 13.2. The molecule has 0 spiro atoms. The minimum Gasteiger partial charge on any atom is -0.479 e. The highest BCUT2D eigenvalue weighted by Crippen LogP contribution is 2.11. The zero-order valence-electron chi connectivity index (χ0n) is 9.29. The van der Waals surface area contributed by atoms with Crippen molar-refractivity contribution < 1.29 is 27.8 Å². The quantitative estimate of drug-likeness (QED) is 0.658. The Bertz CT molecular complexity index is 558. The molecule has 0 bridgehead atoms. The number of carbonyl (C=O) groups is 1. The second-order valence-corrected chi connectivity index (χ2v) is 5.38. The summed E-state index contributed by atoms with van der Waals surface area (Å²) in [6, 6.07) is 2.11. The predicted molar refractivity (Wildman–Crippen MR) is 57.6 cm³/mol. The molecule has 0 radical (unpaired) electrons. The second kappa shape index (κ2) is 4.96. The smallest absolute Gasteiger partial charge is 0.336 e. The van der Waals surface area contributed by atoms with E-state index in [1.165, 1.54) is 6.07 Å². The molecule has 9 heteroatoms. The van der Waals surface area contributed by atoms with Crippen LogP contribution in [0.25, 0.3) is 0 Å². The first-order chi connectivity index (χ1) is 8.17. The molecule has 7 nitrogen and oxygen atoms in total. The molecule has 0 saturated heterocycles. The number of sulfonamides is 1. The second-order valence-electron chi connectivity index (χ2n) is 3.69. The first-order valence-corrected chi connectivity index (χ1v) is 6.21. The Morgan fingerprint density at radius 2 is 2.22 bits per heavy atom. The maximum atomic E-state index is 13.2. The molecule has 0 aliphatic heterocycles. The fourth-order valence-electron chi connectivity index (χ4n) is 0.948. The Kier molecular flexibility index (Phi) is 3.99. The van der Waals surface area contributed by atoms with Crippen molar-refractivity contribution in [2.45, 2.75) is 17.6 Å². The summed E-state index contributed by atoms with van der Waals surface area (Å²) in [6.45, 7) is 0.104. The van der Waals surface area contributed by atoms with Crippen molar-refractivity contribution in [3.05, 3.63) is 24.1 Å². The van der Waals surface area contributed by atoms with E-state index in [0.717, 1.165) is 19.2 Å². The van der Waals surface area contributed by atoms with Crippen LogP contribution in [0.4, 0.5) is 4.39 Å². The number of carboxylic acid groups (broad SMARTS) is 1. The number of carboxylic acids is 1. The molecule has 1 aromatic rings. The lowest BCUT2D eigenvalue weighted by molar-refractivity contribution is -0.155. The normalized spacial score (nSPS) is 15.1. The highest BCUT2D eigenvalue weighted by atomic mass is 32.2. The van der Waals surface area contributed by atoms with Gasteiger partial charge in [-0.15, -0.1) is 0 Å². The Hall–Kier alpha value is -1.58. The van der Waals surface area contributed by atoms with E-state index >= 15 is 0 Å². The summed E-state index contributed by atoms with van der Waals surface area (Å²) in [7, 11) is -4.32. The lowest BCUT2D eigenvalue weighted by Crippen LogP contribution is -2.46. The number of nitrogens with one attached hydrogen (secondary N) is 1. The molecule has 1 unspecified atom stereocenters. The molecule has 0 aliphatic carbocycles. The first-order valence-electron chi connectivity index (χ1n) is 4.73. The molecule has 1 aromatic heterocycles. The molecule has 0 saturated carbocycles. The van der Waals surface area contributed by atoms with E-state index in [1.54, 1.807) is 4.72 Å². The van der Waals surface area contributed by atoms with Crippen molar-refractivity contribution in [2.75, 3.05) is 6.54 Å². The van der Waals surface area contributed by atoms with Crippen molar-refractivity contribution in [2.24, 2.45) is 0 Å². The number of nitrogens with zero attached hydrogens (tertiary/aromatic N) is 1. The van der Waals surface area contributed by atoms with Crippen LogP contribution in [0.5, 0.6) is 0 Å². The summed E-state index contributed by atoms with van der Waals surface area (Å²) in [5.74, 6) is -2.67. The van der Waals surface area contributed by atoms with E-state index in [-0.39, 0.29) is 0 Å². The van der Waals surface area contributed by atoms with Gasteiger partial charge in [-0.25, -0.2) is 27.3 Å². The fourth-order valence-corrected chi connectivity index (χ4v) is 2.08. The van der Waals surface area contributed by atoms with Crippen LogP contribution in [0.15, 0.2) is 23.4 Å². The summed E-state index contributed by atoms with van der Waals surface area (Å²) < 4.78 is 38.2. The van der Waals surface area contributed by atoms with E-state index in [1.807, 2.05) is 0 Å². The van der Waals surface area contributed by atoms with Gasteiger partial charge in [0.05, 0.1) is 6.54 Å². The topological polar surface area (TPSA) is 117 Å². The van der Waals surface area contributed by atoms with Crippen LogP contribution >= 0.6 is 0 Å². The van der Waals surface area contributed by atoms with Crippen LogP contribution in [-0.4, -0.2) is 41.7 Å². The molecule has 18 heavy (non-hydrogen) atoms. The molecule has 3 N–H and O–H groups in total. The van der Waals surface area contributed by atoms with Gasteiger partial charge in [-0.2, -0.15) is 0 Å². The largest absolute Gasteiger partial charge is 0.479 e. The number of aliphatic hydroxyl groups is 1. The van der Waals surface area contributed by atoms with E-state index < -0.39 is 39.0 Å². The van der Waals surface area contributed by atoms with Gasteiger partial charge in [0, 0.05) is 6.20 Å². The van der Waals surface area contributed by atoms with Crippen LogP contribution in [0.1, 0.15) is 6.92 Å². The van der Waals surface area contributed by atoms with E-state index in [2.05, 4.69) is 4.98 Å². The molecule has 0 amide bonds. The van der Waals surface area contributed by atoms with Crippen molar-refractivity contribution in [1.29, 1.82) is 0 Å². The van der Waals surface area contributed by atoms with Gasteiger partial charge in [0.2, 0.25) is 5.03 Å². The monoisotopic (exact) mass is 278 g/mol. The number of hydrogen-bond acceptors (Lipinski definition) is 5. The predicted octanol–water partition coefficient (Wildman–Crippen LogP) is -0.665. The summed E-state index contributed by atoms with van der Waals surface area (Å²) >= 11 is 0. The third-order valence-corrected chi connectivity index (χ3v) is 3.38. The minimum atomic E-state index is -4.32. The third-order valence-electron chi connectivity index (χ3n) is 2.05. The molecule has 100 valence electrons. The zero-order valence-corrected chi connectivity index (χ0v) is 10.1. The minimum absolute atomic E-state index is 0.805.